The maximum Gasteiger partial charge on any atom is 0.354 e. The average Bonchev–Trinajstić information content (AvgIpc) is 2.77. The Balaban J connectivity index is 2.14. The van der Waals surface area contributed by atoms with Crippen molar-refractivity contribution in [1.82, 2.24) is 0 Å². The van der Waals surface area contributed by atoms with E-state index in [1.54, 1.807) is 48.5 Å². The van der Waals surface area contributed by atoms with Crippen LogP contribution in [0.3, 0.4) is 0 Å². The van der Waals surface area contributed by atoms with Crippen LogP contribution in [0.25, 0.3) is 12.2 Å². The Hall–Kier alpha value is -4.03. The highest BCUT2D eigenvalue weighted by atomic mass is 16.6. The SMILES string of the molecule is CCCCOc1ccc(/C=C(\C#N)C(=O)Oc2ccc(/C=C\C#N)cc2OC)cc1. The molecular formula is C24H22N2O4. The Morgan fingerprint density at radius 2 is 1.80 bits per heavy atom. The van der Waals surface area contributed by atoms with Gasteiger partial charge in [0.2, 0.25) is 0 Å². The summed E-state index contributed by atoms with van der Waals surface area (Å²) >= 11 is 0. The lowest BCUT2D eigenvalue weighted by molar-refractivity contribution is -0.129. The van der Waals surface area contributed by atoms with E-state index in [1.165, 1.54) is 19.3 Å². The van der Waals surface area contributed by atoms with E-state index < -0.39 is 5.97 Å². The lowest BCUT2D eigenvalue weighted by atomic mass is 10.1. The summed E-state index contributed by atoms with van der Waals surface area (Å²) in [6.07, 6.45) is 6.42. The van der Waals surface area contributed by atoms with Gasteiger partial charge in [-0.05, 0) is 54.0 Å². The van der Waals surface area contributed by atoms with Crippen molar-refractivity contribution in [3.8, 4) is 29.4 Å². The highest BCUT2D eigenvalue weighted by Gasteiger charge is 2.15. The normalized spacial score (nSPS) is 10.9. The van der Waals surface area contributed by atoms with Gasteiger partial charge >= 0.3 is 5.97 Å². The number of hydrogen-bond donors (Lipinski definition) is 0. The molecule has 0 spiro atoms. The third-order valence-electron chi connectivity index (χ3n) is 4.04. The first-order valence-electron chi connectivity index (χ1n) is 9.42. The highest BCUT2D eigenvalue weighted by molar-refractivity contribution is 5.99. The van der Waals surface area contributed by atoms with Gasteiger partial charge in [0.25, 0.3) is 0 Å². The summed E-state index contributed by atoms with van der Waals surface area (Å²) in [4.78, 5) is 12.5. The molecule has 6 nitrogen and oxygen atoms in total. The van der Waals surface area contributed by atoms with Crippen molar-refractivity contribution < 1.29 is 19.0 Å². The van der Waals surface area contributed by atoms with Gasteiger partial charge in [-0.3, -0.25) is 0 Å². The van der Waals surface area contributed by atoms with Crippen molar-refractivity contribution in [3.63, 3.8) is 0 Å². The summed E-state index contributed by atoms with van der Waals surface area (Å²) in [6, 6.07) is 15.7. The monoisotopic (exact) mass is 402 g/mol. The fraction of sp³-hybridized carbons (Fsp3) is 0.208. The lowest BCUT2D eigenvalue weighted by Crippen LogP contribution is -2.11. The maximum atomic E-state index is 12.5. The molecule has 152 valence electrons. The second kappa shape index (κ2) is 11.7. The number of benzene rings is 2. The van der Waals surface area contributed by atoms with Crippen LogP contribution in [0.15, 0.2) is 54.1 Å². The van der Waals surface area contributed by atoms with Crippen LogP contribution in [0.5, 0.6) is 17.2 Å². The van der Waals surface area contributed by atoms with Crippen molar-refractivity contribution in [2.75, 3.05) is 13.7 Å². The van der Waals surface area contributed by atoms with E-state index in [2.05, 4.69) is 6.92 Å². The molecule has 0 amide bonds. The van der Waals surface area contributed by atoms with Gasteiger partial charge in [-0.15, -0.1) is 0 Å². The fourth-order valence-electron chi connectivity index (χ4n) is 2.46. The number of hydrogen-bond acceptors (Lipinski definition) is 6. The van der Waals surface area contributed by atoms with E-state index in [9.17, 15) is 10.1 Å². The van der Waals surface area contributed by atoms with E-state index in [1.807, 2.05) is 12.1 Å². The number of carbonyl (C=O) groups excluding carboxylic acids is 1. The van der Waals surface area contributed by atoms with Gasteiger partial charge in [-0.25, -0.2) is 4.79 Å². The minimum absolute atomic E-state index is 0.148. The first-order chi connectivity index (χ1) is 14.6. The molecule has 0 radical (unpaired) electrons. The molecule has 0 N–H and O–H groups in total. The van der Waals surface area contributed by atoms with Crippen LogP contribution in [0.2, 0.25) is 0 Å². The zero-order chi connectivity index (χ0) is 21.8. The van der Waals surface area contributed by atoms with Gasteiger partial charge in [0.15, 0.2) is 11.5 Å². The quantitative estimate of drug-likeness (QED) is 0.194. The predicted octanol–water partition coefficient (Wildman–Crippen LogP) is 4.92. The number of methoxy groups -OCH3 is 1. The summed E-state index contributed by atoms with van der Waals surface area (Å²) in [5, 5.41) is 18.0. The number of nitrogens with zero attached hydrogens (tertiary/aromatic N) is 2. The number of allylic oxidation sites excluding steroid dienone is 1. The number of nitriles is 2. The third-order valence-corrected chi connectivity index (χ3v) is 4.04. The largest absolute Gasteiger partial charge is 0.494 e. The number of carbonyl (C=O) groups is 1. The summed E-state index contributed by atoms with van der Waals surface area (Å²) < 4.78 is 16.2. The van der Waals surface area contributed by atoms with Crippen molar-refractivity contribution in [2.45, 2.75) is 19.8 Å². The molecule has 2 aromatic carbocycles. The van der Waals surface area contributed by atoms with Crippen LogP contribution < -0.4 is 14.2 Å². The maximum absolute atomic E-state index is 12.5. The Morgan fingerprint density at radius 1 is 1.07 bits per heavy atom. The van der Waals surface area contributed by atoms with Crippen LogP contribution in [-0.4, -0.2) is 19.7 Å². The van der Waals surface area contributed by atoms with E-state index in [0.717, 1.165) is 18.6 Å². The Kier molecular flexibility index (Phi) is 8.71. The number of esters is 1. The second-order valence-electron chi connectivity index (χ2n) is 6.20. The molecule has 0 aliphatic carbocycles. The fourth-order valence-corrected chi connectivity index (χ4v) is 2.46. The molecule has 2 rings (SSSR count). The Morgan fingerprint density at radius 3 is 2.43 bits per heavy atom. The van der Waals surface area contributed by atoms with Crippen molar-refractivity contribution in [3.05, 3.63) is 65.2 Å². The van der Waals surface area contributed by atoms with Crippen LogP contribution in [0, 0.1) is 22.7 Å². The smallest absolute Gasteiger partial charge is 0.354 e. The van der Waals surface area contributed by atoms with Crippen LogP contribution in [-0.2, 0) is 4.79 Å². The molecule has 0 fully saturated rings. The molecule has 2 aromatic rings. The van der Waals surface area contributed by atoms with Gasteiger partial charge < -0.3 is 14.2 Å². The number of ether oxygens (including phenoxy) is 3. The molecule has 0 saturated carbocycles. The van der Waals surface area contributed by atoms with Crippen LogP contribution in [0.4, 0.5) is 0 Å². The van der Waals surface area contributed by atoms with E-state index >= 15 is 0 Å². The summed E-state index contributed by atoms with van der Waals surface area (Å²) in [6.45, 7) is 2.74. The molecule has 30 heavy (non-hydrogen) atoms. The van der Waals surface area contributed by atoms with Crippen molar-refractivity contribution in [2.24, 2.45) is 0 Å². The molecular weight excluding hydrogens is 380 g/mol. The molecule has 6 heteroatoms. The molecule has 0 atom stereocenters. The molecule has 0 bridgehead atoms. The molecule has 0 saturated heterocycles. The molecule has 0 aromatic heterocycles. The standard InChI is InChI=1S/C24H22N2O4/c1-3-4-14-29-21-10-7-19(8-11-21)15-20(17-26)24(27)30-22-12-9-18(6-5-13-25)16-23(22)28-2/h5-12,15-16H,3-4,14H2,1-2H3/b6-5-,20-15+. The van der Waals surface area contributed by atoms with Gasteiger partial charge in [0, 0.05) is 6.08 Å². The van der Waals surface area contributed by atoms with E-state index in [4.69, 9.17) is 19.5 Å². The summed E-state index contributed by atoms with van der Waals surface area (Å²) in [5.74, 6) is 0.433. The summed E-state index contributed by atoms with van der Waals surface area (Å²) in [5.41, 5.74) is 1.24. The summed E-state index contributed by atoms with van der Waals surface area (Å²) in [7, 11) is 1.44. The van der Waals surface area contributed by atoms with Gasteiger partial charge in [-0.2, -0.15) is 10.5 Å². The Bertz CT molecular complexity index is 1010. The molecule has 0 heterocycles. The molecule has 0 aliphatic rings. The van der Waals surface area contributed by atoms with E-state index in [0.29, 0.717) is 23.5 Å². The first-order valence-corrected chi connectivity index (χ1v) is 9.42. The average molecular weight is 402 g/mol. The van der Waals surface area contributed by atoms with Gasteiger partial charge in [0.05, 0.1) is 19.8 Å². The highest BCUT2D eigenvalue weighted by Crippen LogP contribution is 2.29. The lowest BCUT2D eigenvalue weighted by Gasteiger charge is -2.09. The van der Waals surface area contributed by atoms with Crippen LogP contribution in [0.1, 0.15) is 30.9 Å². The van der Waals surface area contributed by atoms with Crippen molar-refractivity contribution >= 4 is 18.1 Å². The van der Waals surface area contributed by atoms with E-state index in [-0.39, 0.29) is 11.3 Å². The molecule has 0 aliphatic heterocycles. The van der Waals surface area contributed by atoms with Crippen molar-refractivity contribution in [1.29, 1.82) is 10.5 Å². The topological polar surface area (TPSA) is 92.3 Å². The minimum atomic E-state index is -0.792. The molecule has 0 unspecified atom stereocenters. The van der Waals surface area contributed by atoms with Gasteiger partial charge in [-0.1, -0.05) is 31.5 Å². The zero-order valence-corrected chi connectivity index (χ0v) is 16.9. The van der Waals surface area contributed by atoms with Gasteiger partial charge in [0.1, 0.15) is 17.4 Å². The Labute approximate surface area is 176 Å². The third kappa shape index (κ3) is 6.54. The zero-order valence-electron chi connectivity index (χ0n) is 16.9. The van der Waals surface area contributed by atoms with Crippen LogP contribution >= 0.6 is 0 Å². The first kappa shape index (κ1) is 22.3. The predicted molar refractivity (Wildman–Crippen MR) is 114 cm³/mol. The number of unbranched alkanes of at least 4 members (excludes halogenated alkanes) is 1. The minimum Gasteiger partial charge on any atom is -0.494 e. The number of rotatable bonds is 9. The second-order valence-corrected chi connectivity index (χ2v) is 6.20.